The van der Waals surface area contributed by atoms with Crippen molar-refractivity contribution in [2.45, 2.75) is 26.4 Å². The molecule has 0 aliphatic carbocycles. The van der Waals surface area contributed by atoms with Gasteiger partial charge in [-0.1, -0.05) is 30.3 Å². The molecule has 0 bridgehead atoms. The van der Waals surface area contributed by atoms with E-state index in [0.29, 0.717) is 19.6 Å². The number of hydrogen-bond acceptors (Lipinski definition) is 5. The average Bonchev–Trinajstić information content (AvgIpc) is 3.02. The lowest BCUT2D eigenvalue weighted by atomic mass is 10.2. The summed E-state index contributed by atoms with van der Waals surface area (Å²) in [6.45, 7) is 4.45. The van der Waals surface area contributed by atoms with E-state index in [4.69, 9.17) is 0 Å². The molecule has 1 amide bonds. The number of nitrogens with one attached hydrogen (secondary N) is 1. The van der Waals surface area contributed by atoms with E-state index in [0.717, 1.165) is 15.4 Å². The Morgan fingerprint density at radius 3 is 2.67 bits per heavy atom. The first kappa shape index (κ1) is 18.1. The number of nitrogens with zero attached hydrogens (tertiary/aromatic N) is 2. The Morgan fingerprint density at radius 1 is 1.33 bits per heavy atom. The van der Waals surface area contributed by atoms with Crippen LogP contribution in [0.3, 0.4) is 0 Å². The van der Waals surface area contributed by atoms with E-state index in [1.165, 1.54) is 6.92 Å². The van der Waals surface area contributed by atoms with Gasteiger partial charge in [0.2, 0.25) is 5.91 Å². The molecule has 1 heterocycles. The Bertz CT molecular complexity index is 687. The Hall–Kier alpha value is -2.25. The van der Waals surface area contributed by atoms with Gasteiger partial charge in [-0.2, -0.15) is 0 Å². The lowest BCUT2D eigenvalue weighted by Crippen LogP contribution is -2.42. The van der Waals surface area contributed by atoms with Crippen LogP contribution in [0.5, 0.6) is 0 Å². The maximum Gasteiger partial charge on any atom is 0.320 e. The number of carbonyl (C=O) groups excluding carboxylic acids is 1. The number of carboxylic acid groups (broad SMARTS) is 1. The molecular weight excluding hydrogens is 326 g/mol. The molecule has 24 heavy (non-hydrogen) atoms. The maximum atomic E-state index is 11.3. The number of benzene rings is 1. The normalized spacial score (nSPS) is 12.1. The average molecular weight is 347 g/mol. The van der Waals surface area contributed by atoms with Crippen LogP contribution in [0.2, 0.25) is 0 Å². The second kappa shape index (κ2) is 8.56. The Morgan fingerprint density at radius 2 is 2.04 bits per heavy atom. The Balaban J connectivity index is 2.07. The van der Waals surface area contributed by atoms with E-state index in [2.05, 4.69) is 10.3 Å². The summed E-state index contributed by atoms with van der Waals surface area (Å²) < 4.78 is 0. The van der Waals surface area contributed by atoms with Gasteiger partial charge in [-0.25, -0.2) is 4.98 Å². The number of carbonyl (C=O) groups is 2. The summed E-state index contributed by atoms with van der Waals surface area (Å²) in [5, 5.41) is 12.9. The van der Waals surface area contributed by atoms with Gasteiger partial charge in [-0.15, -0.1) is 11.3 Å². The summed E-state index contributed by atoms with van der Waals surface area (Å²) in [7, 11) is 0. The zero-order chi connectivity index (χ0) is 17.5. The lowest BCUT2D eigenvalue weighted by molar-refractivity contribution is -0.142. The predicted molar refractivity (Wildman–Crippen MR) is 93.7 cm³/mol. The van der Waals surface area contributed by atoms with Crippen LogP contribution >= 0.6 is 11.3 Å². The summed E-state index contributed by atoms with van der Waals surface area (Å²) in [6.07, 6.45) is 1.78. The van der Waals surface area contributed by atoms with Gasteiger partial charge in [-0.05, 0) is 6.92 Å². The molecule has 2 N–H and O–H groups in total. The number of rotatable bonds is 8. The molecule has 6 nitrogen and oxygen atoms in total. The lowest BCUT2D eigenvalue weighted by Gasteiger charge is -2.25. The highest BCUT2D eigenvalue weighted by Gasteiger charge is 2.21. The summed E-state index contributed by atoms with van der Waals surface area (Å²) in [5.41, 5.74) is 1.05. The van der Waals surface area contributed by atoms with Gasteiger partial charge in [-0.3, -0.25) is 14.5 Å². The standard InChI is InChI=1S/C17H21N3O3S/c1-12(17(22)23)20(9-8-18-13(2)21)11-15-10-19-16(24-15)14-6-4-3-5-7-14/h3-7,10,12H,8-9,11H2,1-2H3,(H,18,21)(H,22,23). The molecule has 0 radical (unpaired) electrons. The van der Waals surface area contributed by atoms with Gasteiger partial charge >= 0.3 is 5.97 Å². The zero-order valence-electron chi connectivity index (χ0n) is 13.7. The van der Waals surface area contributed by atoms with E-state index >= 15 is 0 Å². The largest absolute Gasteiger partial charge is 0.480 e. The van der Waals surface area contributed by atoms with E-state index < -0.39 is 12.0 Å². The summed E-state index contributed by atoms with van der Waals surface area (Å²) in [6, 6.07) is 9.23. The SMILES string of the molecule is CC(=O)NCCN(Cc1cnc(-c2ccccc2)s1)C(C)C(=O)O. The molecule has 1 atom stereocenters. The molecule has 0 saturated carbocycles. The maximum absolute atomic E-state index is 11.3. The minimum absolute atomic E-state index is 0.123. The third-order valence-electron chi connectivity index (χ3n) is 3.61. The van der Waals surface area contributed by atoms with Crippen LogP contribution in [0.25, 0.3) is 10.6 Å². The van der Waals surface area contributed by atoms with Gasteiger partial charge in [0.25, 0.3) is 0 Å². The number of thiazole rings is 1. The highest BCUT2D eigenvalue weighted by molar-refractivity contribution is 7.15. The van der Waals surface area contributed by atoms with Gasteiger partial charge in [0, 0.05) is 43.2 Å². The highest BCUT2D eigenvalue weighted by Crippen LogP contribution is 2.26. The first-order valence-corrected chi connectivity index (χ1v) is 8.50. The van der Waals surface area contributed by atoms with Crippen LogP contribution in [0, 0.1) is 0 Å². The van der Waals surface area contributed by atoms with Crippen LogP contribution in [-0.2, 0) is 16.1 Å². The fourth-order valence-electron chi connectivity index (χ4n) is 2.24. The third-order valence-corrected chi connectivity index (χ3v) is 4.64. The number of carboxylic acids is 1. The molecule has 1 unspecified atom stereocenters. The fourth-order valence-corrected chi connectivity index (χ4v) is 3.18. The molecule has 0 aliphatic heterocycles. The molecule has 0 saturated heterocycles. The Labute approximate surface area is 145 Å². The van der Waals surface area contributed by atoms with Crippen LogP contribution in [0.1, 0.15) is 18.7 Å². The van der Waals surface area contributed by atoms with Crippen molar-refractivity contribution in [3.63, 3.8) is 0 Å². The smallest absolute Gasteiger partial charge is 0.320 e. The first-order valence-electron chi connectivity index (χ1n) is 7.69. The van der Waals surface area contributed by atoms with Gasteiger partial charge in [0.15, 0.2) is 0 Å². The molecule has 1 aromatic heterocycles. The summed E-state index contributed by atoms with van der Waals surface area (Å²) in [5.74, 6) is -1.01. The van der Waals surface area contributed by atoms with Crippen molar-refractivity contribution in [2.24, 2.45) is 0 Å². The van der Waals surface area contributed by atoms with E-state index in [9.17, 15) is 14.7 Å². The number of aliphatic carboxylic acids is 1. The van der Waals surface area contributed by atoms with Gasteiger partial charge in [0.05, 0.1) is 0 Å². The van der Waals surface area contributed by atoms with Crippen molar-refractivity contribution in [2.75, 3.05) is 13.1 Å². The van der Waals surface area contributed by atoms with Crippen molar-refractivity contribution in [1.82, 2.24) is 15.2 Å². The molecule has 2 aromatic rings. The molecule has 0 spiro atoms. The molecule has 2 rings (SSSR count). The van der Waals surface area contributed by atoms with Crippen molar-refractivity contribution in [3.8, 4) is 10.6 Å². The van der Waals surface area contributed by atoms with Crippen LogP contribution in [-0.4, -0.2) is 46.0 Å². The second-order valence-electron chi connectivity index (χ2n) is 5.47. The van der Waals surface area contributed by atoms with Crippen molar-refractivity contribution < 1.29 is 14.7 Å². The molecule has 1 aromatic carbocycles. The second-order valence-corrected chi connectivity index (χ2v) is 6.58. The van der Waals surface area contributed by atoms with E-state index in [-0.39, 0.29) is 5.91 Å². The van der Waals surface area contributed by atoms with E-state index in [1.54, 1.807) is 24.5 Å². The quantitative estimate of drug-likeness (QED) is 0.765. The van der Waals surface area contributed by atoms with Crippen molar-refractivity contribution >= 4 is 23.2 Å². The molecule has 0 aliphatic rings. The van der Waals surface area contributed by atoms with Crippen molar-refractivity contribution in [3.05, 3.63) is 41.4 Å². The number of amides is 1. The predicted octanol–water partition coefficient (Wildman–Crippen LogP) is 2.22. The van der Waals surface area contributed by atoms with Gasteiger partial charge in [0.1, 0.15) is 11.0 Å². The molecule has 0 fully saturated rings. The molecule has 128 valence electrons. The minimum Gasteiger partial charge on any atom is -0.480 e. The summed E-state index contributed by atoms with van der Waals surface area (Å²) in [4.78, 5) is 29.5. The Kier molecular flexibility index (Phi) is 6.45. The van der Waals surface area contributed by atoms with Crippen LogP contribution < -0.4 is 5.32 Å². The highest BCUT2D eigenvalue weighted by atomic mass is 32.1. The topological polar surface area (TPSA) is 82.5 Å². The third kappa shape index (κ3) is 5.14. The first-order chi connectivity index (χ1) is 11.5. The number of aromatic nitrogens is 1. The summed E-state index contributed by atoms with van der Waals surface area (Å²) >= 11 is 1.55. The van der Waals surface area contributed by atoms with Crippen molar-refractivity contribution in [1.29, 1.82) is 0 Å². The van der Waals surface area contributed by atoms with Crippen LogP contribution in [0.15, 0.2) is 36.5 Å². The van der Waals surface area contributed by atoms with E-state index in [1.807, 2.05) is 35.2 Å². The number of hydrogen-bond donors (Lipinski definition) is 2. The molecule has 7 heteroatoms. The van der Waals surface area contributed by atoms with Gasteiger partial charge < -0.3 is 10.4 Å². The fraction of sp³-hybridized carbons (Fsp3) is 0.353. The van der Waals surface area contributed by atoms with Crippen LogP contribution in [0.4, 0.5) is 0 Å². The zero-order valence-corrected chi connectivity index (χ0v) is 14.5. The monoisotopic (exact) mass is 347 g/mol. The minimum atomic E-state index is -0.884. The molecular formula is C17H21N3O3S.